The molecule has 0 aliphatic rings. The van der Waals surface area contributed by atoms with Crippen LogP contribution in [0.15, 0.2) is 23.2 Å². The van der Waals surface area contributed by atoms with Gasteiger partial charge in [0.05, 0.1) is 20.3 Å². The number of hydrogen-bond acceptors (Lipinski definition) is 4. The fourth-order valence-electron chi connectivity index (χ4n) is 2.17. The minimum absolute atomic E-state index is 0.604. The van der Waals surface area contributed by atoms with E-state index in [2.05, 4.69) is 29.5 Å². The maximum atomic E-state index is 5.61. The van der Waals surface area contributed by atoms with Gasteiger partial charge in [0, 0.05) is 26.7 Å². The lowest BCUT2D eigenvalue weighted by Gasteiger charge is -2.14. The predicted octanol–water partition coefficient (Wildman–Crippen LogP) is 2.82. The highest BCUT2D eigenvalue weighted by molar-refractivity contribution is 5.79. The van der Waals surface area contributed by atoms with Crippen molar-refractivity contribution in [2.75, 3.05) is 40.5 Å². The third kappa shape index (κ3) is 8.63. The number of benzene rings is 1. The number of guanidine groups is 1. The van der Waals surface area contributed by atoms with Crippen molar-refractivity contribution in [3.05, 3.63) is 23.8 Å². The van der Waals surface area contributed by atoms with Gasteiger partial charge in [-0.05, 0) is 37.0 Å². The number of aliphatic imine (C=N–C) groups is 1. The SMILES string of the molecule is CCOc1cc(CNC(=NC)NCCOCCC(C)C)ccc1OC. The lowest BCUT2D eigenvalue weighted by Crippen LogP contribution is -2.38. The van der Waals surface area contributed by atoms with E-state index < -0.39 is 0 Å². The van der Waals surface area contributed by atoms with Crippen molar-refractivity contribution in [1.29, 1.82) is 0 Å². The normalized spacial score (nSPS) is 11.5. The van der Waals surface area contributed by atoms with E-state index in [0.29, 0.717) is 25.7 Å². The van der Waals surface area contributed by atoms with Crippen molar-refractivity contribution in [3.63, 3.8) is 0 Å². The number of rotatable bonds is 11. The van der Waals surface area contributed by atoms with Crippen LogP contribution in [0, 0.1) is 5.92 Å². The van der Waals surface area contributed by atoms with Crippen LogP contribution < -0.4 is 20.1 Å². The summed E-state index contributed by atoms with van der Waals surface area (Å²) in [4.78, 5) is 4.22. The largest absolute Gasteiger partial charge is 0.493 e. The summed E-state index contributed by atoms with van der Waals surface area (Å²) < 4.78 is 16.5. The maximum absolute atomic E-state index is 5.61. The molecule has 1 rings (SSSR count). The number of nitrogens with one attached hydrogen (secondary N) is 2. The van der Waals surface area contributed by atoms with E-state index in [1.165, 1.54) is 0 Å². The van der Waals surface area contributed by atoms with Gasteiger partial charge in [0.25, 0.3) is 0 Å². The summed E-state index contributed by atoms with van der Waals surface area (Å²) in [5.74, 6) is 2.92. The first-order chi connectivity index (χ1) is 12.1. The Hall–Kier alpha value is -1.95. The van der Waals surface area contributed by atoms with Crippen LogP contribution >= 0.6 is 0 Å². The van der Waals surface area contributed by atoms with Crippen molar-refractivity contribution in [3.8, 4) is 11.5 Å². The van der Waals surface area contributed by atoms with Crippen LogP contribution in [0.5, 0.6) is 11.5 Å². The van der Waals surface area contributed by atoms with Crippen molar-refractivity contribution in [1.82, 2.24) is 10.6 Å². The molecule has 0 spiro atoms. The molecule has 2 N–H and O–H groups in total. The van der Waals surface area contributed by atoms with E-state index in [0.717, 1.165) is 42.6 Å². The molecule has 6 heteroatoms. The van der Waals surface area contributed by atoms with Gasteiger partial charge in [0.15, 0.2) is 17.5 Å². The monoisotopic (exact) mass is 351 g/mol. The lowest BCUT2D eigenvalue weighted by atomic mass is 10.1. The van der Waals surface area contributed by atoms with Crippen LogP contribution in [0.2, 0.25) is 0 Å². The second-order valence-electron chi connectivity index (χ2n) is 6.07. The summed E-state index contributed by atoms with van der Waals surface area (Å²) in [6.07, 6.45) is 1.09. The van der Waals surface area contributed by atoms with Gasteiger partial charge >= 0.3 is 0 Å². The molecule has 0 aliphatic heterocycles. The van der Waals surface area contributed by atoms with Gasteiger partial charge in [-0.2, -0.15) is 0 Å². The third-order valence-corrected chi connectivity index (χ3v) is 3.59. The number of hydrogen-bond donors (Lipinski definition) is 2. The van der Waals surface area contributed by atoms with E-state index in [9.17, 15) is 0 Å². The second kappa shape index (κ2) is 12.4. The number of methoxy groups -OCH3 is 1. The second-order valence-corrected chi connectivity index (χ2v) is 6.07. The summed E-state index contributed by atoms with van der Waals surface area (Å²) in [6, 6.07) is 5.91. The Labute approximate surface area is 152 Å². The molecule has 0 heterocycles. The lowest BCUT2D eigenvalue weighted by molar-refractivity contribution is 0.128. The highest BCUT2D eigenvalue weighted by atomic mass is 16.5. The molecule has 0 saturated heterocycles. The minimum Gasteiger partial charge on any atom is -0.493 e. The summed E-state index contributed by atoms with van der Waals surface area (Å²) in [6.45, 7) is 9.81. The highest BCUT2D eigenvalue weighted by Gasteiger charge is 2.06. The molecular weight excluding hydrogens is 318 g/mol. The van der Waals surface area contributed by atoms with Crippen molar-refractivity contribution >= 4 is 5.96 Å². The Morgan fingerprint density at radius 1 is 1.16 bits per heavy atom. The average Bonchev–Trinajstić information content (AvgIpc) is 2.60. The van der Waals surface area contributed by atoms with E-state index in [1.54, 1.807) is 14.2 Å². The maximum Gasteiger partial charge on any atom is 0.191 e. The first-order valence-electron chi connectivity index (χ1n) is 8.92. The molecule has 25 heavy (non-hydrogen) atoms. The zero-order valence-corrected chi connectivity index (χ0v) is 16.2. The first kappa shape index (κ1) is 21.1. The Morgan fingerprint density at radius 2 is 1.96 bits per heavy atom. The van der Waals surface area contributed by atoms with Crippen LogP contribution in [0.4, 0.5) is 0 Å². The number of ether oxygens (including phenoxy) is 3. The van der Waals surface area contributed by atoms with Gasteiger partial charge in [0.2, 0.25) is 0 Å². The predicted molar refractivity (Wildman–Crippen MR) is 103 cm³/mol. The first-order valence-corrected chi connectivity index (χ1v) is 8.92. The number of nitrogens with zero attached hydrogens (tertiary/aromatic N) is 1. The van der Waals surface area contributed by atoms with Gasteiger partial charge in [-0.15, -0.1) is 0 Å². The summed E-state index contributed by atoms with van der Waals surface area (Å²) in [5.41, 5.74) is 1.10. The van der Waals surface area contributed by atoms with Crippen LogP contribution in [0.25, 0.3) is 0 Å². The Balaban J connectivity index is 2.38. The molecule has 0 fully saturated rings. The summed E-state index contributed by atoms with van der Waals surface area (Å²) in [5, 5.41) is 6.54. The van der Waals surface area contributed by atoms with Crippen LogP contribution in [-0.4, -0.2) is 46.5 Å². The van der Waals surface area contributed by atoms with E-state index in [1.807, 2.05) is 25.1 Å². The standard InChI is InChI=1S/C19H33N3O3/c1-6-25-18-13-16(7-8-17(18)23-5)14-22-19(20-4)21-10-12-24-11-9-15(2)3/h7-8,13,15H,6,9-12,14H2,1-5H3,(H2,20,21,22). The zero-order valence-electron chi connectivity index (χ0n) is 16.2. The Kier molecular flexibility index (Phi) is 10.5. The molecular formula is C19H33N3O3. The molecule has 0 bridgehead atoms. The topological polar surface area (TPSA) is 64.1 Å². The van der Waals surface area contributed by atoms with Crippen molar-refractivity contribution in [2.45, 2.75) is 33.7 Å². The fourth-order valence-corrected chi connectivity index (χ4v) is 2.17. The molecule has 1 aromatic carbocycles. The van der Waals surface area contributed by atoms with Crippen molar-refractivity contribution in [2.24, 2.45) is 10.9 Å². The molecule has 1 aromatic rings. The van der Waals surface area contributed by atoms with Gasteiger partial charge in [-0.1, -0.05) is 19.9 Å². The van der Waals surface area contributed by atoms with E-state index in [4.69, 9.17) is 14.2 Å². The molecule has 0 radical (unpaired) electrons. The third-order valence-electron chi connectivity index (χ3n) is 3.59. The molecule has 6 nitrogen and oxygen atoms in total. The summed E-state index contributed by atoms with van der Waals surface area (Å²) in [7, 11) is 3.40. The van der Waals surface area contributed by atoms with Gasteiger partial charge in [-0.25, -0.2) is 0 Å². The average molecular weight is 351 g/mol. The minimum atomic E-state index is 0.604. The smallest absolute Gasteiger partial charge is 0.191 e. The molecule has 0 unspecified atom stereocenters. The molecule has 0 amide bonds. The summed E-state index contributed by atoms with van der Waals surface area (Å²) >= 11 is 0. The van der Waals surface area contributed by atoms with Crippen LogP contribution in [-0.2, 0) is 11.3 Å². The van der Waals surface area contributed by atoms with Gasteiger partial charge in [-0.3, -0.25) is 4.99 Å². The highest BCUT2D eigenvalue weighted by Crippen LogP contribution is 2.27. The molecule has 0 aliphatic carbocycles. The fraction of sp³-hybridized carbons (Fsp3) is 0.632. The molecule has 0 aromatic heterocycles. The van der Waals surface area contributed by atoms with Gasteiger partial charge in [0.1, 0.15) is 0 Å². The molecule has 0 saturated carbocycles. The Bertz CT molecular complexity index is 519. The van der Waals surface area contributed by atoms with E-state index >= 15 is 0 Å². The van der Waals surface area contributed by atoms with Crippen molar-refractivity contribution < 1.29 is 14.2 Å². The van der Waals surface area contributed by atoms with Crippen LogP contribution in [0.1, 0.15) is 32.8 Å². The quantitative estimate of drug-likeness (QED) is 0.365. The van der Waals surface area contributed by atoms with Crippen LogP contribution in [0.3, 0.4) is 0 Å². The molecule has 142 valence electrons. The van der Waals surface area contributed by atoms with E-state index in [-0.39, 0.29) is 0 Å². The van der Waals surface area contributed by atoms with Gasteiger partial charge < -0.3 is 24.8 Å². The zero-order chi connectivity index (χ0) is 18.5. The Morgan fingerprint density at radius 3 is 2.60 bits per heavy atom. The molecule has 0 atom stereocenters.